The van der Waals surface area contributed by atoms with Crippen LogP contribution in [-0.2, 0) is 0 Å². The van der Waals surface area contributed by atoms with Crippen LogP contribution in [0.2, 0.25) is 10.0 Å². The van der Waals surface area contributed by atoms with Crippen LogP contribution in [0.4, 0.5) is 0 Å². The number of hydrogen-bond acceptors (Lipinski definition) is 1. The van der Waals surface area contributed by atoms with Gasteiger partial charge in [-0.15, -0.1) is 0 Å². The van der Waals surface area contributed by atoms with Crippen molar-refractivity contribution in [1.82, 2.24) is 0 Å². The smallest absolute Gasteiger partial charge is 0.150 e. The Balaban J connectivity index is 2.41. The van der Waals surface area contributed by atoms with Gasteiger partial charge >= 0.3 is 0 Å². The minimum atomic E-state index is 0.539. The number of benzene rings is 3. The Labute approximate surface area is 126 Å². The summed E-state index contributed by atoms with van der Waals surface area (Å²) in [6.45, 7) is 0. The molecule has 0 aliphatic carbocycles. The Hall–Kier alpha value is -1.83. The fourth-order valence-corrected chi connectivity index (χ4v) is 2.88. The molecule has 0 aliphatic rings. The van der Waals surface area contributed by atoms with Gasteiger partial charge in [0.25, 0.3) is 0 Å². The largest absolute Gasteiger partial charge is 0.298 e. The molecular formula is C17H10Cl2O. The molecule has 0 heterocycles. The molecule has 0 saturated heterocycles. The second-order valence-corrected chi connectivity index (χ2v) is 5.34. The highest BCUT2D eigenvalue weighted by Gasteiger charge is 2.12. The van der Waals surface area contributed by atoms with Crippen LogP contribution in [0.1, 0.15) is 10.4 Å². The lowest BCUT2D eigenvalue weighted by Crippen LogP contribution is -1.90. The average molecular weight is 301 g/mol. The van der Waals surface area contributed by atoms with E-state index in [-0.39, 0.29) is 0 Å². The third-order valence-electron chi connectivity index (χ3n) is 3.29. The van der Waals surface area contributed by atoms with E-state index in [0.29, 0.717) is 15.6 Å². The minimum absolute atomic E-state index is 0.539. The molecule has 3 aromatic carbocycles. The van der Waals surface area contributed by atoms with E-state index in [0.717, 1.165) is 28.2 Å². The Kier molecular flexibility index (Phi) is 3.47. The van der Waals surface area contributed by atoms with Gasteiger partial charge in [-0.1, -0.05) is 65.7 Å². The van der Waals surface area contributed by atoms with Crippen LogP contribution in [0.15, 0.2) is 54.6 Å². The van der Waals surface area contributed by atoms with Gasteiger partial charge in [-0.2, -0.15) is 0 Å². The van der Waals surface area contributed by atoms with Gasteiger partial charge in [-0.25, -0.2) is 0 Å². The van der Waals surface area contributed by atoms with Crippen LogP contribution in [0.3, 0.4) is 0 Å². The van der Waals surface area contributed by atoms with Crippen molar-refractivity contribution in [2.45, 2.75) is 0 Å². The molecule has 1 nitrogen and oxygen atoms in total. The van der Waals surface area contributed by atoms with E-state index in [9.17, 15) is 4.79 Å². The first-order valence-corrected chi connectivity index (χ1v) is 6.88. The molecule has 0 aliphatic heterocycles. The van der Waals surface area contributed by atoms with Crippen molar-refractivity contribution in [2.75, 3.05) is 0 Å². The molecular weight excluding hydrogens is 291 g/mol. The van der Waals surface area contributed by atoms with Gasteiger partial charge in [0.15, 0.2) is 6.29 Å². The van der Waals surface area contributed by atoms with Crippen LogP contribution < -0.4 is 0 Å². The molecule has 3 heteroatoms. The number of rotatable bonds is 2. The van der Waals surface area contributed by atoms with E-state index in [1.165, 1.54) is 0 Å². The minimum Gasteiger partial charge on any atom is -0.298 e. The molecule has 0 N–H and O–H groups in total. The summed E-state index contributed by atoms with van der Waals surface area (Å²) in [7, 11) is 0. The highest BCUT2D eigenvalue weighted by atomic mass is 35.5. The zero-order chi connectivity index (χ0) is 14.1. The summed E-state index contributed by atoms with van der Waals surface area (Å²) >= 11 is 12.2. The predicted molar refractivity (Wildman–Crippen MR) is 84.8 cm³/mol. The molecule has 3 aromatic rings. The normalized spacial score (nSPS) is 10.7. The zero-order valence-corrected chi connectivity index (χ0v) is 11.9. The van der Waals surface area contributed by atoms with Crippen molar-refractivity contribution in [2.24, 2.45) is 0 Å². The summed E-state index contributed by atoms with van der Waals surface area (Å²) < 4.78 is 0. The van der Waals surface area contributed by atoms with Gasteiger partial charge in [0, 0.05) is 26.7 Å². The van der Waals surface area contributed by atoms with Gasteiger partial charge in [-0.05, 0) is 22.9 Å². The van der Waals surface area contributed by atoms with E-state index in [1.54, 1.807) is 12.1 Å². The SMILES string of the molecule is O=Cc1ccc2ccccc2c1-c1ccc(Cl)cc1Cl. The molecule has 0 fully saturated rings. The molecule has 0 bridgehead atoms. The topological polar surface area (TPSA) is 17.1 Å². The average Bonchev–Trinajstić information content (AvgIpc) is 2.46. The summed E-state index contributed by atoms with van der Waals surface area (Å²) in [6, 6.07) is 17.0. The summed E-state index contributed by atoms with van der Waals surface area (Å²) in [5.41, 5.74) is 2.28. The first-order chi connectivity index (χ1) is 9.70. The number of hydrogen-bond donors (Lipinski definition) is 0. The van der Waals surface area contributed by atoms with Crippen LogP contribution in [0.25, 0.3) is 21.9 Å². The second-order valence-electron chi connectivity index (χ2n) is 4.49. The van der Waals surface area contributed by atoms with Crippen molar-refractivity contribution < 1.29 is 4.79 Å². The third-order valence-corrected chi connectivity index (χ3v) is 3.84. The fraction of sp³-hybridized carbons (Fsp3) is 0. The third kappa shape index (κ3) is 2.20. The Morgan fingerprint density at radius 3 is 2.45 bits per heavy atom. The predicted octanol–water partition coefficient (Wildman–Crippen LogP) is 5.63. The van der Waals surface area contributed by atoms with Crippen LogP contribution in [0, 0.1) is 0 Å². The monoisotopic (exact) mass is 300 g/mol. The van der Waals surface area contributed by atoms with Gasteiger partial charge in [0.05, 0.1) is 0 Å². The molecule has 20 heavy (non-hydrogen) atoms. The van der Waals surface area contributed by atoms with Gasteiger partial charge in [-0.3, -0.25) is 4.79 Å². The van der Waals surface area contributed by atoms with Crippen molar-refractivity contribution in [3.63, 3.8) is 0 Å². The highest BCUT2D eigenvalue weighted by Crippen LogP contribution is 2.36. The molecule has 0 unspecified atom stereocenters. The van der Waals surface area contributed by atoms with Crippen LogP contribution in [0.5, 0.6) is 0 Å². The molecule has 3 rings (SSSR count). The van der Waals surface area contributed by atoms with Gasteiger partial charge in [0.2, 0.25) is 0 Å². The fourth-order valence-electron chi connectivity index (χ4n) is 2.38. The summed E-state index contributed by atoms with van der Waals surface area (Å²) in [5, 5.41) is 3.18. The highest BCUT2D eigenvalue weighted by molar-refractivity contribution is 6.37. The standard InChI is InChI=1S/C17H10Cl2O/c18-13-7-8-15(16(19)9-13)17-12(10-20)6-5-11-3-1-2-4-14(11)17/h1-10H. The van der Waals surface area contributed by atoms with Crippen molar-refractivity contribution in [1.29, 1.82) is 0 Å². The van der Waals surface area contributed by atoms with E-state index in [4.69, 9.17) is 23.2 Å². The second kappa shape index (κ2) is 5.28. The molecule has 0 amide bonds. The molecule has 0 radical (unpaired) electrons. The summed E-state index contributed by atoms with van der Waals surface area (Å²) in [4.78, 5) is 11.4. The van der Waals surface area contributed by atoms with Gasteiger partial charge < -0.3 is 0 Å². The lowest BCUT2D eigenvalue weighted by Gasteiger charge is -2.11. The maximum Gasteiger partial charge on any atom is 0.150 e. The Morgan fingerprint density at radius 1 is 0.900 bits per heavy atom. The Bertz CT molecular complexity index is 809. The van der Waals surface area contributed by atoms with Crippen LogP contribution in [-0.4, -0.2) is 6.29 Å². The van der Waals surface area contributed by atoms with Crippen molar-refractivity contribution in [3.8, 4) is 11.1 Å². The lowest BCUT2D eigenvalue weighted by molar-refractivity contribution is 0.112. The molecule has 98 valence electrons. The van der Waals surface area contributed by atoms with Crippen molar-refractivity contribution in [3.05, 3.63) is 70.2 Å². The van der Waals surface area contributed by atoms with Gasteiger partial charge in [0.1, 0.15) is 0 Å². The quantitative estimate of drug-likeness (QED) is 0.561. The number of aldehydes is 1. The molecule has 0 spiro atoms. The first-order valence-electron chi connectivity index (χ1n) is 6.13. The van der Waals surface area contributed by atoms with E-state index < -0.39 is 0 Å². The molecule has 0 atom stereocenters. The number of carbonyl (C=O) groups is 1. The summed E-state index contributed by atoms with van der Waals surface area (Å²) in [6.07, 6.45) is 0.854. The van der Waals surface area contributed by atoms with E-state index in [2.05, 4.69) is 0 Å². The number of carbonyl (C=O) groups excluding carboxylic acids is 1. The number of fused-ring (bicyclic) bond motifs is 1. The molecule has 0 saturated carbocycles. The van der Waals surface area contributed by atoms with E-state index in [1.807, 2.05) is 42.5 Å². The van der Waals surface area contributed by atoms with Crippen molar-refractivity contribution >= 4 is 40.3 Å². The maximum atomic E-state index is 11.4. The number of halogens is 2. The van der Waals surface area contributed by atoms with Crippen LogP contribution >= 0.6 is 23.2 Å². The molecule has 0 aromatic heterocycles. The zero-order valence-electron chi connectivity index (χ0n) is 10.4. The maximum absolute atomic E-state index is 11.4. The summed E-state index contributed by atoms with van der Waals surface area (Å²) in [5.74, 6) is 0. The first kappa shape index (κ1) is 13.2. The Morgan fingerprint density at radius 2 is 1.70 bits per heavy atom. The lowest BCUT2D eigenvalue weighted by atomic mass is 9.94. The van der Waals surface area contributed by atoms with E-state index >= 15 is 0 Å².